The zero-order valence-corrected chi connectivity index (χ0v) is 12.6. The maximum atomic E-state index is 4.37. The Morgan fingerprint density at radius 2 is 2.11 bits per heavy atom. The predicted molar refractivity (Wildman–Crippen MR) is 79.6 cm³/mol. The first-order chi connectivity index (χ1) is 8.97. The van der Waals surface area contributed by atoms with E-state index in [4.69, 9.17) is 0 Å². The average molecular weight is 262 g/mol. The average Bonchev–Trinajstić information content (AvgIpc) is 2.39. The third kappa shape index (κ3) is 3.90. The van der Waals surface area contributed by atoms with Gasteiger partial charge in [-0.3, -0.25) is 0 Å². The van der Waals surface area contributed by atoms with Crippen LogP contribution in [-0.4, -0.2) is 36.9 Å². The number of nitrogens with zero attached hydrogens (tertiary/aromatic N) is 3. The van der Waals surface area contributed by atoms with E-state index in [1.165, 1.54) is 19.4 Å². The standard InChI is InChI=1S/C15H26N4/c1-15(2,3)13-7-8-14(18-17-13)19(4)11-12-6-5-9-16-10-12/h7-8,12,16H,5-6,9-11H2,1-4H3. The van der Waals surface area contributed by atoms with Crippen LogP contribution in [0.5, 0.6) is 0 Å². The molecule has 0 bridgehead atoms. The van der Waals surface area contributed by atoms with Crippen molar-refractivity contribution >= 4 is 5.82 Å². The molecule has 19 heavy (non-hydrogen) atoms. The lowest BCUT2D eigenvalue weighted by atomic mass is 9.92. The summed E-state index contributed by atoms with van der Waals surface area (Å²) < 4.78 is 0. The van der Waals surface area contributed by atoms with Crippen molar-refractivity contribution in [3.8, 4) is 0 Å². The van der Waals surface area contributed by atoms with E-state index in [0.29, 0.717) is 0 Å². The first-order valence-corrected chi connectivity index (χ1v) is 7.23. The Bertz CT molecular complexity index is 388. The molecular formula is C15H26N4. The molecule has 0 saturated carbocycles. The second-order valence-corrected chi connectivity index (χ2v) is 6.62. The van der Waals surface area contributed by atoms with Crippen LogP contribution in [0.4, 0.5) is 5.82 Å². The third-order valence-corrected chi connectivity index (χ3v) is 3.74. The molecule has 4 heteroatoms. The fourth-order valence-corrected chi connectivity index (χ4v) is 2.49. The van der Waals surface area contributed by atoms with Crippen LogP contribution in [0.1, 0.15) is 39.3 Å². The molecule has 1 aliphatic rings. The predicted octanol–water partition coefficient (Wildman–Crippen LogP) is 2.21. The smallest absolute Gasteiger partial charge is 0.150 e. The van der Waals surface area contributed by atoms with Crippen LogP contribution >= 0.6 is 0 Å². The Labute approximate surface area is 116 Å². The van der Waals surface area contributed by atoms with Crippen molar-refractivity contribution in [2.24, 2.45) is 5.92 Å². The molecule has 1 atom stereocenters. The van der Waals surface area contributed by atoms with Crippen LogP contribution in [0.25, 0.3) is 0 Å². The molecule has 2 rings (SSSR count). The van der Waals surface area contributed by atoms with Gasteiger partial charge < -0.3 is 10.2 Å². The lowest BCUT2D eigenvalue weighted by Gasteiger charge is -2.28. The minimum absolute atomic E-state index is 0.0669. The summed E-state index contributed by atoms with van der Waals surface area (Å²) in [7, 11) is 2.11. The molecule has 1 unspecified atom stereocenters. The summed E-state index contributed by atoms with van der Waals surface area (Å²) in [5.41, 5.74) is 1.11. The Kier molecular flexibility index (Phi) is 4.40. The summed E-state index contributed by atoms with van der Waals surface area (Å²) in [6, 6.07) is 4.18. The van der Waals surface area contributed by atoms with Gasteiger partial charge in [0.2, 0.25) is 0 Å². The van der Waals surface area contributed by atoms with Gasteiger partial charge in [0, 0.05) is 19.0 Å². The molecule has 1 N–H and O–H groups in total. The van der Waals surface area contributed by atoms with Gasteiger partial charge in [-0.2, -0.15) is 5.10 Å². The van der Waals surface area contributed by atoms with Gasteiger partial charge in [-0.1, -0.05) is 20.8 Å². The largest absolute Gasteiger partial charge is 0.358 e. The number of aromatic nitrogens is 2. The van der Waals surface area contributed by atoms with Crippen LogP contribution in [0, 0.1) is 5.92 Å². The molecular weight excluding hydrogens is 236 g/mol. The molecule has 1 aromatic rings. The van der Waals surface area contributed by atoms with E-state index >= 15 is 0 Å². The molecule has 0 spiro atoms. The minimum atomic E-state index is 0.0669. The normalized spacial score (nSPS) is 20.3. The second-order valence-electron chi connectivity index (χ2n) is 6.62. The molecule has 106 valence electrons. The summed E-state index contributed by atoms with van der Waals surface area (Å²) in [5, 5.41) is 12.2. The minimum Gasteiger partial charge on any atom is -0.358 e. The molecule has 0 aliphatic carbocycles. The lowest BCUT2D eigenvalue weighted by Crippen LogP contribution is -2.37. The van der Waals surface area contributed by atoms with Crippen molar-refractivity contribution in [3.05, 3.63) is 17.8 Å². The molecule has 0 aromatic carbocycles. The fraction of sp³-hybridized carbons (Fsp3) is 0.733. The Morgan fingerprint density at radius 1 is 1.32 bits per heavy atom. The Balaban J connectivity index is 1.97. The maximum absolute atomic E-state index is 4.37. The van der Waals surface area contributed by atoms with Crippen molar-refractivity contribution in [1.29, 1.82) is 0 Å². The van der Waals surface area contributed by atoms with Gasteiger partial charge >= 0.3 is 0 Å². The highest BCUT2D eigenvalue weighted by atomic mass is 15.2. The van der Waals surface area contributed by atoms with Crippen LogP contribution in [0.3, 0.4) is 0 Å². The highest BCUT2D eigenvalue weighted by molar-refractivity contribution is 5.37. The Morgan fingerprint density at radius 3 is 2.63 bits per heavy atom. The third-order valence-electron chi connectivity index (χ3n) is 3.74. The van der Waals surface area contributed by atoms with E-state index in [2.05, 4.69) is 60.4 Å². The summed E-state index contributed by atoms with van der Waals surface area (Å²) in [4.78, 5) is 2.22. The molecule has 1 aromatic heterocycles. The number of nitrogens with one attached hydrogen (secondary N) is 1. The number of hydrogen-bond donors (Lipinski definition) is 1. The van der Waals surface area contributed by atoms with Crippen LogP contribution in [0.2, 0.25) is 0 Å². The number of anilines is 1. The number of piperidine rings is 1. The van der Waals surface area contributed by atoms with Crippen LogP contribution in [0.15, 0.2) is 12.1 Å². The maximum Gasteiger partial charge on any atom is 0.150 e. The van der Waals surface area contributed by atoms with Gasteiger partial charge in [-0.15, -0.1) is 5.10 Å². The summed E-state index contributed by atoms with van der Waals surface area (Å²) >= 11 is 0. The van der Waals surface area contributed by atoms with E-state index < -0.39 is 0 Å². The van der Waals surface area contributed by atoms with E-state index in [0.717, 1.165) is 30.5 Å². The molecule has 0 radical (unpaired) electrons. The Hall–Kier alpha value is -1.16. The molecule has 1 saturated heterocycles. The summed E-state index contributed by atoms with van der Waals surface area (Å²) in [5.74, 6) is 1.70. The molecule has 1 fully saturated rings. The van der Waals surface area contributed by atoms with Gasteiger partial charge in [0.05, 0.1) is 5.69 Å². The zero-order valence-electron chi connectivity index (χ0n) is 12.6. The summed E-state index contributed by atoms with van der Waals surface area (Å²) in [6.45, 7) is 9.82. The lowest BCUT2D eigenvalue weighted by molar-refractivity contribution is 0.380. The SMILES string of the molecule is CN(CC1CCCNC1)c1ccc(C(C)(C)C)nn1. The van der Waals surface area contributed by atoms with Crippen LogP contribution in [-0.2, 0) is 5.41 Å². The van der Waals surface area contributed by atoms with E-state index in [-0.39, 0.29) is 5.41 Å². The van der Waals surface area contributed by atoms with Gasteiger partial charge in [0.1, 0.15) is 0 Å². The first-order valence-electron chi connectivity index (χ1n) is 7.23. The van der Waals surface area contributed by atoms with E-state index in [1.54, 1.807) is 0 Å². The van der Waals surface area contributed by atoms with E-state index in [1.807, 2.05) is 0 Å². The molecule has 1 aliphatic heterocycles. The second kappa shape index (κ2) is 5.87. The van der Waals surface area contributed by atoms with Gasteiger partial charge in [0.25, 0.3) is 0 Å². The zero-order chi connectivity index (χ0) is 13.9. The van der Waals surface area contributed by atoms with E-state index in [9.17, 15) is 0 Å². The molecule has 4 nitrogen and oxygen atoms in total. The van der Waals surface area contributed by atoms with Gasteiger partial charge in [-0.25, -0.2) is 0 Å². The number of hydrogen-bond acceptors (Lipinski definition) is 4. The van der Waals surface area contributed by atoms with Crippen molar-refractivity contribution in [2.75, 3.05) is 31.6 Å². The van der Waals surface area contributed by atoms with Gasteiger partial charge in [0.15, 0.2) is 5.82 Å². The highest BCUT2D eigenvalue weighted by Gasteiger charge is 2.18. The van der Waals surface area contributed by atoms with Gasteiger partial charge in [-0.05, 0) is 44.0 Å². The first kappa shape index (κ1) is 14.3. The monoisotopic (exact) mass is 262 g/mol. The van der Waals surface area contributed by atoms with Crippen molar-refractivity contribution in [1.82, 2.24) is 15.5 Å². The van der Waals surface area contributed by atoms with Crippen molar-refractivity contribution in [2.45, 2.75) is 39.0 Å². The molecule has 0 amide bonds. The quantitative estimate of drug-likeness (QED) is 0.907. The number of rotatable bonds is 3. The van der Waals surface area contributed by atoms with Crippen molar-refractivity contribution < 1.29 is 0 Å². The molecule has 2 heterocycles. The highest BCUT2D eigenvalue weighted by Crippen LogP contribution is 2.21. The van der Waals surface area contributed by atoms with Crippen LogP contribution < -0.4 is 10.2 Å². The van der Waals surface area contributed by atoms with Crippen molar-refractivity contribution in [3.63, 3.8) is 0 Å². The summed E-state index contributed by atoms with van der Waals surface area (Å²) in [6.07, 6.45) is 2.60. The topological polar surface area (TPSA) is 41.0 Å². The fourth-order valence-electron chi connectivity index (χ4n) is 2.49.